The zero-order valence-corrected chi connectivity index (χ0v) is 7.47. The molecule has 1 aliphatic carbocycles. The second-order valence-electron chi connectivity index (χ2n) is 3.77. The normalized spacial score (nSPS) is 27.7. The van der Waals surface area contributed by atoms with E-state index in [4.69, 9.17) is 4.74 Å². The van der Waals surface area contributed by atoms with E-state index < -0.39 is 0 Å². The number of nitro groups is 1. The van der Waals surface area contributed by atoms with E-state index in [1.54, 1.807) is 12.1 Å². The molecule has 72 valence electrons. The summed E-state index contributed by atoms with van der Waals surface area (Å²) < 4.78 is 5.42. The Balaban J connectivity index is 2.08. The summed E-state index contributed by atoms with van der Waals surface area (Å²) in [4.78, 5) is 10.2. The molecule has 0 saturated carbocycles. The van der Waals surface area contributed by atoms with E-state index in [0.29, 0.717) is 6.10 Å². The van der Waals surface area contributed by atoms with Gasteiger partial charge in [-0.15, -0.1) is 0 Å². The molecule has 2 aliphatic rings. The van der Waals surface area contributed by atoms with Crippen molar-refractivity contribution in [2.75, 3.05) is 0 Å². The monoisotopic (exact) mass is 191 g/mol. The first-order valence-electron chi connectivity index (χ1n) is 4.68. The van der Waals surface area contributed by atoms with Crippen molar-refractivity contribution in [1.82, 2.24) is 0 Å². The molecular weight excluding hydrogens is 182 g/mol. The molecule has 3 rings (SSSR count). The molecule has 1 aromatic rings. The van der Waals surface area contributed by atoms with Crippen LogP contribution in [0.4, 0.5) is 5.69 Å². The molecule has 0 N–H and O–H groups in total. The first-order valence-corrected chi connectivity index (χ1v) is 4.68. The van der Waals surface area contributed by atoms with Gasteiger partial charge < -0.3 is 4.74 Å². The number of nitro benzene ring substituents is 1. The predicted octanol–water partition coefficient (Wildman–Crippen LogP) is 1.98. The quantitative estimate of drug-likeness (QED) is 0.387. The lowest BCUT2D eigenvalue weighted by atomic mass is 9.91. The Bertz CT molecular complexity index is 416. The Kier molecular flexibility index (Phi) is 1.44. The van der Waals surface area contributed by atoms with Gasteiger partial charge in [0.25, 0.3) is 5.69 Å². The second kappa shape index (κ2) is 2.54. The van der Waals surface area contributed by atoms with Gasteiger partial charge in [-0.25, -0.2) is 0 Å². The number of rotatable bonds is 1. The van der Waals surface area contributed by atoms with E-state index in [1.165, 1.54) is 5.56 Å². The number of hydrogen-bond acceptors (Lipinski definition) is 3. The van der Waals surface area contributed by atoms with E-state index in [0.717, 1.165) is 18.4 Å². The van der Waals surface area contributed by atoms with Crippen molar-refractivity contribution in [3.05, 3.63) is 39.4 Å². The third-order valence-electron chi connectivity index (χ3n) is 2.93. The second-order valence-corrected chi connectivity index (χ2v) is 3.77. The summed E-state index contributed by atoms with van der Waals surface area (Å²) in [6.45, 7) is 0. The first kappa shape index (κ1) is 7.94. The van der Waals surface area contributed by atoms with Gasteiger partial charge in [0, 0.05) is 12.1 Å². The zero-order chi connectivity index (χ0) is 9.71. The first-order chi connectivity index (χ1) is 6.75. The van der Waals surface area contributed by atoms with Crippen molar-refractivity contribution in [3.63, 3.8) is 0 Å². The molecular formula is C10H9NO3. The molecule has 0 aromatic heterocycles. The minimum Gasteiger partial charge on any atom is -0.364 e. The molecule has 0 unspecified atom stereocenters. The van der Waals surface area contributed by atoms with Gasteiger partial charge in [-0.3, -0.25) is 10.1 Å². The minimum atomic E-state index is -0.355. The van der Waals surface area contributed by atoms with E-state index in [2.05, 4.69) is 0 Å². The highest BCUT2D eigenvalue weighted by molar-refractivity contribution is 5.44. The lowest BCUT2D eigenvalue weighted by Gasteiger charge is -2.10. The van der Waals surface area contributed by atoms with Crippen LogP contribution in [0.15, 0.2) is 18.2 Å². The van der Waals surface area contributed by atoms with Gasteiger partial charge in [-0.1, -0.05) is 6.07 Å². The average molecular weight is 191 g/mol. The van der Waals surface area contributed by atoms with Gasteiger partial charge in [0.1, 0.15) is 6.10 Å². The van der Waals surface area contributed by atoms with Gasteiger partial charge >= 0.3 is 0 Å². The summed E-state index contributed by atoms with van der Waals surface area (Å²) in [5.41, 5.74) is 2.39. The van der Waals surface area contributed by atoms with Crippen LogP contribution in [0.1, 0.15) is 23.7 Å². The van der Waals surface area contributed by atoms with Crippen LogP contribution in [0.2, 0.25) is 0 Å². The van der Waals surface area contributed by atoms with Crippen molar-refractivity contribution in [3.8, 4) is 0 Å². The number of fused-ring (bicyclic) bond motifs is 3. The van der Waals surface area contributed by atoms with Crippen LogP contribution in [0.5, 0.6) is 0 Å². The molecule has 1 heterocycles. The third-order valence-corrected chi connectivity index (χ3v) is 2.93. The summed E-state index contributed by atoms with van der Waals surface area (Å²) in [7, 11) is 0. The summed E-state index contributed by atoms with van der Waals surface area (Å²) >= 11 is 0. The molecule has 1 fully saturated rings. The molecule has 0 spiro atoms. The van der Waals surface area contributed by atoms with Gasteiger partial charge in [-0.05, 0) is 24.0 Å². The van der Waals surface area contributed by atoms with Crippen molar-refractivity contribution >= 4 is 5.69 Å². The van der Waals surface area contributed by atoms with Crippen LogP contribution < -0.4 is 0 Å². The van der Waals surface area contributed by atoms with Crippen molar-refractivity contribution in [2.24, 2.45) is 0 Å². The fourth-order valence-electron chi connectivity index (χ4n) is 2.12. The fourth-order valence-corrected chi connectivity index (χ4v) is 2.12. The minimum absolute atomic E-state index is 0.138. The molecule has 4 heteroatoms. The zero-order valence-electron chi connectivity index (χ0n) is 7.47. The van der Waals surface area contributed by atoms with E-state index >= 15 is 0 Å². The van der Waals surface area contributed by atoms with E-state index in [-0.39, 0.29) is 16.7 Å². The summed E-state index contributed by atoms with van der Waals surface area (Å²) in [5, 5.41) is 10.6. The lowest BCUT2D eigenvalue weighted by molar-refractivity contribution is -0.384. The number of benzene rings is 1. The van der Waals surface area contributed by atoms with Crippen LogP contribution in [0.3, 0.4) is 0 Å². The maximum absolute atomic E-state index is 10.6. The van der Waals surface area contributed by atoms with Crippen LogP contribution >= 0.6 is 0 Å². The topological polar surface area (TPSA) is 55.7 Å². The Morgan fingerprint density at radius 3 is 3.14 bits per heavy atom. The van der Waals surface area contributed by atoms with Crippen LogP contribution in [0.25, 0.3) is 0 Å². The highest BCUT2D eigenvalue weighted by Gasteiger charge is 2.44. The van der Waals surface area contributed by atoms with Crippen LogP contribution in [0, 0.1) is 10.1 Å². The fraction of sp³-hybridized carbons (Fsp3) is 0.400. The summed E-state index contributed by atoms with van der Waals surface area (Å²) in [6, 6.07) is 5.08. The van der Waals surface area contributed by atoms with Crippen molar-refractivity contribution in [2.45, 2.75) is 25.0 Å². The molecule has 1 aromatic carbocycles. The molecule has 0 radical (unpaired) electrons. The third kappa shape index (κ3) is 1.04. The standard InChI is InChI=1S/C10H9NO3/c12-11(13)7-3-1-6-2-4-9-10(14-9)8(6)5-7/h1,3,5,9-10H,2,4H2/t9-,10-/m0/s1. The number of ether oxygens (including phenoxy) is 1. The number of aryl methyl sites for hydroxylation is 1. The Labute approximate surface area is 80.6 Å². The maximum Gasteiger partial charge on any atom is 0.269 e. The number of epoxide rings is 1. The number of non-ortho nitro benzene ring substituents is 1. The van der Waals surface area contributed by atoms with Gasteiger partial charge in [0.2, 0.25) is 0 Å². The van der Waals surface area contributed by atoms with Crippen molar-refractivity contribution in [1.29, 1.82) is 0 Å². The summed E-state index contributed by atoms with van der Waals surface area (Å²) in [5.74, 6) is 0. The molecule has 0 bridgehead atoms. The maximum atomic E-state index is 10.6. The molecule has 0 amide bonds. The molecule has 1 aliphatic heterocycles. The van der Waals surface area contributed by atoms with Gasteiger partial charge in [-0.2, -0.15) is 0 Å². The average Bonchev–Trinajstić information content (AvgIpc) is 2.95. The molecule has 1 saturated heterocycles. The number of nitrogens with zero attached hydrogens (tertiary/aromatic N) is 1. The SMILES string of the molecule is O=[N+]([O-])c1ccc2c(c1)[C@@H]1O[C@H]1CC2. The molecule has 2 atom stereocenters. The van der Waals surface area contributed by atoms with Crippen molar-refractivity contribution < 1.29 is 9.66 Å². The highest BCUT2D eigenvalue weighted by atomic mass is 16.6. The van der Waals surface area contributed by atoms with Gasteiger partial charge in [0.15, 0.2) is 0 Å². The Hall–Kier alpha value is -1.42. The molecule has 14 heavy (non-hydrogen) atoms. The predicted molar refractivity (Wildman–Crippen MR) is 49.0 cm³/mol. The smallest absolute Gasteiger partial charge is 0.269 e. The van der Waals surface area contributed by atoms with E-state index in [9.17, 15) is 10.1 Å². The van der Waals surface area contributed by atoms with Crippen LogP contribution in [-0.2, 0) is 11.2 Å². The van der Waals surface area contributed by atoms with E-state index in [1.807, 2.05) is 6.07 Å². The summed E-state index contributed by atoms with van der Waals surface area (Å²) in [6.07, 6.45) is 2.49. The van der Waals surface area contributed by atoms with Crippen LogP contribution in [-0.4, -0.2) is 11.0 Å². The lowest BCUT2D eigenvalue weighted by Crippen LogP contribution is -2.04. The van der Waals surface area contributed by atoms with Gasteiger partial charge in [0.05, 0.1) is 11.0 Å². The number of hydrogen-bond donors (Lipinski definition) is 0. The largest absolute Gasteiger partial charge is 0.364 e. The molecule has 4 nitrogen and oxygen atoms in total. The Morgan fingerprint density at radius 2 is 2.36 bits per heavy atom. The Morgan fingerprint density at radius 1 is 1.50 bits per heavy atom. The highest BCUT2D eigenvalue weighted by Crippen LogP contribution is 2.47.